The molecule has 0 spiro atoms. The summed E-state index contributed by atoms with van der Waals surface area (Å²) in [6, 6.07) is 8.18. The molecule has 1 aliphatic carbocycles. The molecule has 2 aromatic rings. The minimum Gasteiger partial charge on any atom is -0.396 e. The van der Waals surface area contributed by atoms with Crippen molar-refractivity contribution < 1.29 is 0 Å². The average molecular weight is 227 g/mol. The number of hydrogen-bond acceptors (Lipinski definition) is 3. The molecule has 0 unspecified atom stereocenters. The van der Waals surface area contributed by atoms with E-state index < -0.39 is 0 Å². The predicted molar refractivity (Wildman–Crippen MR) is 72.1 cm³/mol. The molecule has 1 fully saturated rings. The van der Waals surface area contributed by atoms with Gasteiger partial charge in [-0.05, 0) is 24.8 Å². The topological polar surface area (TPSA) is 42.1 Å². The molecule has 0 saturated heterocycles. The quantitative estimate of drug-likeness (QED) is 0.876. The maximum atomic E-state index is 6.08. The Balaban J connectivity index is 2.08. The Labute approximate surface area is 101 Å². The molecule has 0 amide bonds. The van der Waals surface area contributed by atoms with Crippen LogP contribution in [-0.2, 0) is 0 Å². The summed E-state index contributed by atoms with van der Waals surface area (Å²) < 4.78 is 0. The maximum absolute atomic E-state index is 6.08. The van der Waals surface area contributed by atoms with Crippen molar-refractivity contribution in [3.8, 4) is 0 Å². The number of nitrogens with two attached hydrogens (primary N) is 1. The highest BCUT2D eigenvalue weighted by Gasteiger charge is 2.24. The molecule has 1 aromatic heterocycles. The van der Waals surface area contributed by atoms with Gasteiger partial charge in [0.15, 0.2) is 0 Å². The van der Waals surface area contributed by atoms with Crippen molar-refractivity contribution >= 4 is 22.3 Å². The van der Waals surface area contributed by atoms with E-state index in [9.17, 15) is 0 Å². The molecule has 1 aromatic carbocycles. The number of rotatable bonds is 3. The van der Waals surface area contributed by atoms with E-state index in [0.717, 1.165) is 34.7 Å². The number of para-hydroxylation sites is 1. The highest BCUT2D eigenvalue weighted by molar-refractivity contribution is 5.97. The van der Waals surface area contributed by atoms with Gasteiger partial charge in [0.05, 0.1) is 23.1 Å². The first-order valence-corrected chi connectivity index (χ1v) is 6.10. The summed E-state index contributed by atoms with van der Waals surface area (Å²) in [5, 5.41) is 1.15. The summed E-state index contributed by atoms with van der Waals surface area (Å²) in [6.45, 7) is 1.10. The lowest BCUT2D eigenvalue weighted by Crippen LogP contribution is -2.21. The fraction of sp³-hybridized carbons (Fsp3) is 0.357. The Morgan fingerprint density at radius 3 is 2.88 bits per heavy atom. The number of pyridine rings is 1. The van der Waals surface area contributed by atoms with Crippen LogP contribution in [-0.4, -0.2) is 18.6 Å². The van der Waals surface area contributed by atoms with E-state index in [0.29, 0.717) is 0 Å². The van der Waals surface area contributed by atoms with Crippen molar-refractivity contribution in [2.45, 2.75) is 12.8 Å². The Hall–Kier alpha value is -1.77. The van der Waals surface area contributed by atoms with Gasteiger partial charge in [0, 0.05) is 19.0 Å². The van der Waals surface area contributed by atoms with Gasteiger partial charge in [0.25, 0.3) is 0 Å². The van der Waals surface area contributed by atoms with E-state index in [2.05, 4.69) is 23.0 Å². The SMILES string of the molecule is CN(CC1CC1)c1c(N)cnc2ccccc12. The number of nitrogen functional groups attached to an aromatic ring is 1. The molecule has 1 heterocycles. The zero-order valence-electron chi connectivity index (χ0n) is 10.1. The summed E-state index contributed by atoms with van der Waals surface area (Å²) in [7, 11) is 2.12. The van der Waals surface area contributed by atoms with Crippen LogP contribution < -0.4 is 10.6 Å². The fourth-order valence-corrected chi connectivity index (χ4v) is 2.35. The molecule has 0 atom stereocenters. The van der Waals surface area contributed by atoms with Crippen molar-refractivity contribution in [1.29, 1.82) is 0 Å². The molecular formula is C14H17N3. The van der Waals surface area contributed by atoms with E-state index in [4.69, 9.17) is 5.73 Å². The van der Waals surface area contributed by atoms with Gasteiger partial charge in [-0.2, -0.15) is 0 Å². The van der Waals surface area contributed by atoms with Gasteiger partial charge in [-0.3, -0.25) is 4.98 Å². The summed E-state index contributed by atoms with van der Waals surface area (Å²) >= 11 is 0. The number of fused-ring (bicyclic) bond motifs is 1. The van der Waals surface area contributed by atoms with E-state index in [1.165, 1.54) is 12.8 Å². The predicted octanol–water partition coefficient (Wildman–Crippen LogP) is 2.66. The number of hydrogen-bond donors (Lipinski definition) is 1. The number of benzene rings is 1. The van der Waals surface area contributed by atoms with Gasteiger partial charge >= 0.3 is 0 Å². The van der Waals surface area contributed by atoms with Crippen LogP contribution in [0.4, 0.5) is 11.4 Å². The first-order valence-electron chi connectivity index (χ1n) is 6.10. The molecule has 0 aliphatic heterocycles. The minimum absolute atomic E-state index is 0.770. The normalized spacial score (nSPS) is 15.1. The standard InChI is InChI=1S/C14H17N3/c1-17(9-10-6-7-10)14-11-4-2-3-5-13(11)16-8-12(14)15/h2-5,8,10H,6-7,9,15H2,1H3. The Morgan fingerprint density at radius 1 is 1.35 bits per heavy atom. The Kier molecular flexibility index (Phi) is 2.39. The minimum atomic E-state index is 0.770. The number of anilines is 2. The lowest BCUT2D eigenvalue weighted by Gasteiger charge is -2.22. The second-order valence-electron chi connectivity index (χ2n) is 4.90. The van der Waals surface area contributed by atoms with Gasteiger partial charge in [0.1, 0.15) is 0 Å². The third-order valence-corrected chi connectivity index (χ3v) is 3.39. The first-order chi connectivity index (χ1) is 8.25. The summed E-state index contributed by atoms with van der Waals surface area (Å²) in [4.78, 5) is 6.64. The first kappa shape index (κ1) is 10.4. The van der Waals surface area contributed by atoms with E-state index in [1.54, 1.807) is 6.20 Å². The summed E-state index contributed by atoms with van der Waals surface area (Å²) in [5.74, 6) is 0.853. The molecule has 1 saturated carbocycles. The van der Waals surface area contributed by atoms with Crippen LogP contribution in [0.2, 0.25) is 0 Å². The van der Waals surface area contributed by atoms with Crippen molar-refractivity contribution in [2.24, 2.45) is 5.92 Å². The largest absolute Gasteiger partial charge is 0.396 e. The van der Waals surface area contributed by atoms with Crippen LogP contribution in [0.15, 0.2) is 30.5 Å². The van der Waals surface area contributed by atoms with Gasteiger partial charge in [-0.25, -0.2) is 0 Å². The average Bonchev–Trinajstić information content (AvgIpc) is 3.12. The third kappa shape index (κ3) is 1.93. The van der Waals surface area contributed by atoms with Crippen molar-refractivity contribution in [3.63, 3.8) is 0 Å². The highest BCUT2D eigenvalue weighted by Crippen LogP contribution is 2.35. The number of nitrogens with zero attached hydrogens (tertiary/aromatic N) is 2. The molecule has 17 heavy (non-hydrogen) atoms. The van der Waals surface area contributed by atoms with Gasteiger partial charge < -0.3 is 10.6 Å². The fourth-order valence-electron chi connectivity index (χ4n) is 2.35. The third-order valence-electron chi connectivity index (χ3n) is 3.39. The van der Waals surface area contributed by atoms with Crippen LogP contribution in [0, 0.1) is 5.92 Å². The van der Waals surface area contributed by atoms with Crippen molar-refractivity contribution in [3.05, 3.63) is 30.5 Å². The molecule has 88 valence electrons. The molecular weight excluding hydrogens is 210 g/mol. The molecule has 3 nitrogen and oxygen atoms in total. The van der Waals surface area contributed by atoms with E-state index in [1.807, 2.05) is 18.2 Å². The molecule has 1 aliphatic rings. The van der Waals surface area contributed by atoms with E-state index in [-0.39, 0.29) is 0 Å². The number of aromatic nitrogens is 1. The molecule has 0 bridgehead atoms. The lowest BCUT2D eigenvalue weighted by atomic mass is 10.1. The zero-order chi connectivity index (χ0) is 11.8. The van der Waals surface area contributed by atoms with Crippen LogP contribution >= 0.6 is 0 Å². The molecule has 0 radical (unpaired) electrons. The summed E-state index contributed by atoms with van der Waals surface area (Å²) in [5.41, 5.74) is 8.99. The van der Waals surface area contributed by atoms with Crippen LogP contribution in [0.25, 0.3) is 10.9 Å². The monoisotopic (exact) mass is 227 g/mol. The molecule has 3 heteroatoms. The maximum Gasteiger partial charge on any atom is 0.0745 e. The van der Waals surface area contributed by atoms with Gasteiger partial charge in [-0.15, -0.1) is 0 Å². The van der Waals surface area contributed by atoms with Crippen LogP contribution in [0.3, 0.4) is 0 Å². The molecule has 3 rings (SSSR count). The smallest absolute Gasteiger partial charge is 0.0745 e. The zero-order valence-corrected chi connectivity index (χ0v) is 10.1. The second-order valence-corrected chi connectivity index (χ2v) is 4.90. The summed E-state index contributed by atoms with van der Waals surface area (Å²) in [6.07, 6.45) is 4.47. The Bertz CT molecular complexity index is 546. The van der Waals surface area contributed by atoms with Gasteiger partial charge in [0.2, 0.25) is 0 Å². The Morgan fingerprint density at radius 2 is 2.12 bits per heavy atom. The van der Waals surface area contributed by atoms with Crippen LogP contribution in [0.1, 0.15) is 12.8 Å². The van der Waals surface area contributed by atoms with Crippen molar-refractivity contribution in [2.75, 3.05) is 24.2 Å². The second kappa shape index (κ2) is 3.91. The van der Waals surface area contributed by atoms with Crippen LogP contribution in [0.5, 0.6) is 0 Å². The van der Waals surface area contributed by atoms with Crippen molar-refractivity contribution in [1.82, 2.24) is 4.98 Å². The van der Waals surface area contributed by atoms with Gasteiger partial charge in [-0.1, -0.05) is 18.2 Å². The highest BCUT2D eigenvalue weighted by atomic mass is 15.1. The van der Waals surface area contributed by atoms with E-state index >= 15 is 0 Å². The lowest BCUT2D eigenvalue weighted by molar-refractivity contribution is 0.790. The molecule has 2 N–H and O–H groups in total.